The third-order valence-electron chi connectivity index (χ3n) is 9.64. The maximum Gasteiger partial charge on any atom is 0.460 e. The van der Waals surface area contributed by atoms with Gasteiger partial charge < -0.3 is 19.0 Å². The van der Waals surface area contributed by atoms with E-state index in [9.17, 15) is 84.5 Å². The molecule has 0 spiro atoms. The van der Waals surface area contributed by atoms with Crippen molar-refractivity contribution in [2.24, 2.45) is 0 Å². The fourth-order valence-corrected chi connectivity index (χ4v) is 10.4. The quantitative estimate of drug-likeness (QED) is 0.0182. The zero-order valence-corrected chi connectivity index (χ0v) is 33.5. The molecule has 0 radical (unpaired) electrons. The van der Waals surface area contributed by atoms with Crippen LogP contribution in [0, 0.1) is 0 Å². The number of amides is 1. The molecule has 3 N–H and O–H groups in total. The average molecular weight is 926 g/mol. The van der Waals surface area contributed by atoms with Gasteiger partial charge in [-0.25, -0.2) is 5.48 Å². The monoisotopic (exact) mass is 925 g/mol. The van der Waals surface area contributed by atoms with Gasteiger partial charge >= 0.3 is 47.6 Å². The minimum absolute atomic E-state index is 0.145. The van der Waals surface area contributed by atoms with Crippen LogP contribution in [0.15, 0.2) is 48.1 Å². The molecule has 25 heteroatoms. The summed E-state index contributed by atoms with van der Waals surface area (Å²) >= 11 is 0. The lowest BCUT2D eigenvalue weighted by molar-refractivity contribution is -0.461. The predicted octanol–water partition coefficient (Wildman–Crippen LogP) is 11.1. The Morgan fingerprint density at radius 1 is 0.750 bits per heavy atom. The van der Waals surface area contributed by atoms with E-state index in [1.165, 1.54) is 64.6 Å². The highest BCUT2D eigenvalue weighted by Gasteiger charge is 2.95. The van der Waals surface area contributed by atoms with Gasteiger partial charge in [0.25, 0.3) is 5.91 Å². The van der Waals surface area contributed by atoms with Crippen LogP contribution < -0.4 is 10.2 Å². The second kappa shape index (κ2) is 19.9. The summed E-state index contributed by atoms with van der Waals surface area (Å²) < 4.78 is 251. The zero-order valence-electron chi connectivity index (χ0n) is 32.5. The molecule has 0 aromatic heterocycles. The Hall–Kier alpha value is -3.16. The highest BCUT2D eigenvalue weighted by Crippen LogP contribution is 2.64. The number of rotatable bonds is 24. The number of benzene rings is 1. The smallest absolute Gasteiger partial charge is 0.460 e. The molecule has 7 nitrogen and oxygen atoms in total. The van der Waals surface area contributed by atoms with Crippen LogP contribution in [-0.4, -0.2) is 98.6 Å². The van der Waals surface area contributed by atoms with Crippen molar-refractivity contribution in [2.45, 2.75) is 131 Å². The number of hydrogen-bond donors (Lipinski definition) is 3. The minimum atomic E-state index is -8.69. The lowest BCUT2D eigenvalue weighted by Gasteiger charge is -2.44. The molecule has 1 aromatic carbocycles. The molecular formula is C35H44F17NO6Si. The summed E-state index contributed by atoms with van der Waals surface area (Å²) in [5.74, 6) is -57.3. The van der Waals surface area contributed by atoms with Gasteiger partial charge in [-0.05, 0) is 60.2 Å². The topological polar surface area (TPSA) is 97.3 Å². The first-order valence-corrected chi connectivity index (χ1v) is 19.9. The van der Waals surface area contributed by atoms with Gasteiger partial charge in [0.05, 0.1) is 12.7 Å². The van der Waals surface area contributed by atoms with Crippen molar-refractivity contribution in [1.29, 1.82) is 0 Å². The van der Waals surface area contributed by atoms with Gasteiger partial charge in [-0.15, -0.1) is 0 Å². The Kier molecular flexibility index (Phi) is 18.2. The number of hydroxylamine groups is 1. The molecule has 0 unspecified atom stereocenters. The van der Waals surface area contributed by atoms with Gasteiger partial charge in [0.15, 0.2) is 8.32 Å². The van der Waals surface area contributed by atoms with E-state index in [2.05, 4.69) is 0 Å². The second-order valence-electron chi connectivity index (χ2n) is 14.2. The molecule has 0 aliphatic rings. The largest absolute Gasteiger partial charge is 0.491 e. The first kappa shape index (κ1) is 54.9. The minimum Gasteiger partial charge on any atom is -0.491 e. The van der Waals surface area contributed by atoms with E-state index in [4.69, 9.17) is 19.1 Å². The average Bonchev–Trinajstić information content (AvgIpc) is 3.13. The molecule has 0 saturated heterocycles. The Morgan fingerprint density at radius 3 is 1.65 bits per heavy atom. The fraction of sp³-hybridized carbons (Fsp3) is 0.686. The van der Waals surface area contributed by atoms with Crippen LogP contribution in [0.2, 0.25) is 17.1 Å². The summed E-state index contributed by atoms with van der Waals surface area (Å²) in [6, 6.07) is 4.37. The second-order valence-corrected chi connectivity index (χ2v) is 19.2. The number of aliphatic hydroxyl groups is 1. The number of nitrogens with one attached hydrogen (secondary N) is 1. The predicted molar refractivity (Wildman–Crippen MR) is 182 cm³/mol. The number of carbonyl (C=O) groups excluding carboxylic acids is 1. The lowest BCUT2D eigenvalue weighted by Crippen LogP contribution is -2.74. The van der Waals surface area contributed by atoms with Gasteiger partial charge in [-0.2, -0.15) is 74.6 Å². The number of carbonyl (C=O) groups is 1. The van der Waals surface area contributed by atoms with E-state index in [1.807, 2.05) is 0 Å². The molecule has 1 amide bonds. The number of hydrogen-bond acceptors (Lipinski definition) is 6. The van der Waals surface area contributed by atoms with Crippen LogP contribution in [-0.2, 0) is 14.0 Å². The highest BCUT2D eigenvalue weighted by atomic mass is 28.4. The van der Waals surface area contributed by atoms with Crippen molar-refractivity contribution in [2.75, 3.05) is 20.3 Å². The molecule has 60 heavy (non-hydrogen) atoms. The van der Waals surface area contributed by atoms with E-state index in [0.29, 0.717) is 24.0 Å². The van der Waals surface area contributed by atoms with Crippen molar-refractivity contribution in [3.05, 3.63) is 53.6 Å². The Labute approximate surface area is 334 Å². The van der Waals surface area contributed by atoms with Crippen molar-refractivity contribution in [1.82, 2.24) is 5.48 Å². The van der Waals surface area contributed by atoms with E-state index < -0.39 is 104 Å². The maximum absolute atomic E-state index is 14.9. The Bertz CT molecular complexity index is 1590. The van der Waals surface area contributed by atoms with Crippen LogP contribution >= 0.6 is 0 Å². The Morgan fingerprint density at radius 2 is 1.22 bits per heavy atom. The third kappa shape index (κ3) is 11.1. The van der Waals surface area contributed by atoms with Gasteiger partial charge in [0.2, 0.25) is 0 Å². The van der Waals surface area contributed by atoms with E-state index in [0.717, 1.165) is 6.08 Å². The fourth-order valence-electron chi connectivity index (χ4n) is 5.94. The lowest BCUT2D eigenvalue weighted by atomic mass is 9.88. The number of allylic oxidation sites excluding steroid dienone is 3. The molecule has 0 aliphatic carbocycles. The van der Waals surface area contributed by atoms with Crippen molar-refractivity contribution < 1.29 is 104 Å². The van der Waals surface area contributed by atoms with E-state index in [1.54, 1.807) is 19.1 Å². The van der Waals surface area contributed by atoms with Gasteiger partial charge in [-0.1, -0.05) is 52.0 Å². The molecule has 348 valence electrons. The summed E-state index contributed by atoms with van der Waals surface area (Å²) in [5, 5.41) is 19.4. The molecule has 2 atom stereocenters. The van der Waals surface area contributed by atoms with Gasteiger partial charge in [-0.3, -0.25) is 10.0 Å². The molecule has 0 aliphatic heterocycles. The van der Waals surface area contributed by atoms with Gasteiger partial charge in [0, 0.05) is 19.6 Å². The van der Waals surface area contributed by atoms with Crippen LogP contribution in [0.4, 0.5) is 74.6 Å². The Balaban J connectivity index is 3.15. The number of alkyl halides is 17. The first-order valence-electron chi connectivity index (χ1n) is 17.6. The normalized spacial score (nSPS) is 15.9. The summed E-state index contributed by atoms with van der Waals surface area (Å²) in [5.41, 5.74) is 0.607. The molecular weight excluding hydrogens is 881 g/mol. The van der Waals surface area contributed by atoms with Gasteiger partial charge in [0.1, 0.15) is 18.5 Å². The molecule has 0 bridgehead atoms. The summed E-state index contributed by atoms with van der Waals surface area (Å²) in [4.78, 5) is 11.2. The SMILES string of the molecule is CO[C@@H](CC/C=C/C(C)=C/C(=O)NO)[C@@H](O)c1ccc(OCCO[Si](CCC(F)(F)C(F)(F)C(F)(F)C(F)(F)C(F)(F)C(F)(F)C(F)(F)C(F)(F)F)(C(C)C)C(C)C)cc1. The van der Waals surface area contributed by atoms with Crippen molar-refractivity contribution in [3.63, 3.8) is 0 Å². The van der Waals surface area contributed by atoms with Crippen molar-refractivity contribution >= 4 is 14.2 Å². The molecule has 1 rings (SSSR count). The van der Waals surface area contributed by atoms with Crippen molar-refractivity contribution in [3.8, 4) is 5.75 Å². The summed E-state index contributed by atoms with van der Waals surface area (Å²) in [6.45, 7) is 5.99. The van der Waals surface area contributed by atoms with Crippen LogP contribution in [0.3, 0.4) is 0 Å². The third-order valence-corrected chi connectivity index (χ3v) is 15.3. The summed E-state index contributed by atoms with van der Waals surface area (Å²) in [6.07, 6.45) is -7.07. The van der Waals surface area contributed by atoms with Crippen LogP contribution in [0.1, 0.15) is 65.5 Å². The molecule has 0 fully saturated rings. The first-order chi connectivity index (χ1) is 27.0. The maximum atomic E-state index is 14.9. The van der Waals surface area contributed by atoms with E-state index in [-0.39, 0.29) is 12.4 Å². The van der Waals surface area contributed by atoms with E-state index >= 15 is 0 Å². The molecule has 1 aromatic rings. The zero-order chi connectivity index (χ0) is 47.1. The number of ether oxygens (including phenoxy) is 2. The van der Waals surface area contributed by atoms with Crippen LogP contribution in [0.5, 0.6) is 5.75 Å². The number of halogens is 17. The van der Waals surface area contributed by atoms with Crippen LogP contribution in [0.25, 0.3) is 0 Å². The number of methoxy groups -OCH3 is 1. The standard InChI is InChI=1S/C35H44F17NO6Si/c1-20(2)60(21(3)4,18-15-28(36,37)29(38,39)30(40,41)31(42,43)32(44,45)33(46,47)34(48,49)35(50,51)52)59-17-16-58-24-13-11-23(12-14-24)27(55)25(57-6)10-8-7-9-22(5)19-26(54)53-56/h7,9,11-14,19-21,25,27,55-56H,8,10,15-18H2,1-6H3,(H,53,54)/b9-7+,22-19+/t25-,27-/m0/s1. The highest BCUT2D eigenvalue weighted by molar-refractivity contribution is 6.76. The number of aliphatic hydroxyl groups excluding tert-OH is 1. The molecule has 0 heterocycles. The molecule has 0 saturated carbocycles. The summed E-state index contributed by atoms with van der Waals surface area (Å²) in [7, 11) is -2.61.